The number of carbonyl (C=O) groups is 1. The van der Waals surface area contributed by atoms with Crippen LogP contribution in [0.15, 0.2) is 30.5 Å². The summed E-state index contributed by atoms with van der Waals surface area (Å²) in [5.74, 6) is -2.16. The number of nitrogens with two attached hydrogens (primary N) is 1. The second-order valence-electron chi connectivity index (χ2n) is 4.25. The van der Waals surface area contributed by atoms with E-state index in [4.69, 9.17) is 33.7 Å². The van der Waals surface area contributed by atoms with Gasteiger partial charge in [0, 0.05) is 16.1 Å². The lowest BCUT2D eigenvalue weighted by molar-refractivity contribution is -0.118. The standard InChI is InChI=1S/C14H11Cl2FN2O2/c1-21-11-3-2-7(15)4-9(11)13(14(18)20)8-5-12(16)19-6-10(8)17/h2-6,13H,1H3,(H2,18,20). The van der Waals surface area contributed by atoms with Gasteiger partial charge in [-0.2, -0.15) is 0 Å². The van der Waals surface area contributed by atoms with E-state index < -0.39 is 17.6 Å². The summed E-state index contributed by atoms with van der Waals surface area (Å²) >= 11 is 11.7. The molecule has 1 amide bonds. The van der Waals surface area contributed by atoms with E-state index in [9.17, 15) is 9.18 Å². The molecule has 1 aromatic heterocycles. The Morgan fingerprint density at radius 1 is 1.33 bits per heavy atom. The van der Waals surface area contributed by atoms with Crippen molar-refractivity contribution < 1.29 is 13.9 Å². The lowest BCUT2D eigenvalue weighted by Crippen LogP contribution is -2.24. The summed E-state index contributed by atoms with van der Waals surface area (Å²) in [6, 6.07) is 5.93. The van der Waals surface area contributed by atoms with E-state index in [-0.39, 0.29) is 10.7 Å². The summed E-state index contributed by atoms with van der Waals surface area (Å²) in [4.78, 5) is 15.5. The number of primary amides is 1. The molecule has 1 atom stereocenters. The average molecular weight is 329 g/mol. The number of ether oxygens (including phenoxy) is 1. The molecule has 0 aliphatic heterocycles. The topological polar surface area (TPSA) is 65.2 Å². The van der Waals surface area contributed by atoms with Crippen molar-refractivity contribution in [3.63, 3.8) is 0 Å². The van der Waals surface area contributed by atoms with Gasteiger partial charge in [-0.05, 0) is 24.3 Å². The number of methoxy groups -OCH3 is 1. The molecule has 4 nitrogen and oxygen atoms in total. The van der Waals surface area contributed by atoms with Gasteiger partial charge >= 0.3 is 0 Å². The third-order valence-corrected chi connectivity index (χ3v) is 3.39. The number of halogens is 3. The first-order valence-corrected chi connectivity index (χ1v) is 6.63. The fourth-order valence-electron chi connectivity index (χ4n) is 2.05. The maximum atomic E-state index is 14.0. The second kappa shape index (κ2) is 6.28. The number of hydrogen-bond acceptors (Lipinski definition) is 3. The first kappa shape index (κ1) is 15.5. The Morgan fingerprint density at radius 2 is 2.05 bits per heavy atom. The molecule has 2 rings (SSSR count). The SMILES string of the molecule is COc1ccc(Cl)cc1C(C(N)=O)c1cc(Cl)ncc1F. The number of pyridine rings is 1. The first-order chi connectivity index (χ1) is 9.93. The number of hydrogen-bond donors (Lipinski definition) is 1. The van der Waals surface area contributed by atoms with Crippen LogP contribution in [0.1, 0.15) is 17.0 Å². The van der Waals surface area contributed by atoms with Gasteiger partial charge in [0.25, 0.3) is 0 Å². The smallest absolute Gasteiger partial charge is 0.229 e. The van der Waals surface area contributed by atoms with Crippen molar-refractivity contribution in [1.82, 2.24) is 4.98 Å². The Hall–Kier alpha value is -1.85. The van der Waals surface area contributed by atoms with Crippen molar-refractivity contribution >= 4 is 29.1 Å². The third-order valence-electron chi connectivity index (χ3n) is 2.95. The van der Waals surface area contributed by atoms with Crippen LogP contribution in [0.5, 0.6) is 5.75 Å². The molecule has 7 heteroatoms. The molecular formula is C14H11Cl2FN2O2. The maximum absolute atomic E-state index is 14.0. The molecule has 2 N–H and O–H groups in total. The van der Waals surface area contributed by atoms with Crippen LogP contribution in [0.25, 0.3) is 0 Å². The summed E-state index contributed by atoms with van der Waals surface area (Å²) in [7, 11) is 1.43. The largest absolute Gasteiger partial charge is 0.496 e. The molecule has 0 saturated heterocycles. The maximum Gasteiger partial charge on any atom is 0.229 e. The highest BCUT2D eigenvalue weighted by Crippen LogP contribution is 2.35. The molecule has 110 valence electrons. The molecule has 21 heavy (non-hydrogen) atoms. The van der Waals surface area contributed by atoms with Gasteiger partial charge in [0.1, 0.15) is 16.7 Å². The summed E-state index contributed by atoms with van der Waals surface area (Å²) < 4.78 is 19.2. The van der Waals surface area contributed by atoms with E-state index in [1.807, 2.05) is 0 Å². The van der Waals surface area contributed by atoms with Crippen LogP contribution in [0.4, 0.5) is 4.39 Å². The molecule has 0 spiro atoms. The number of nitrogens with zero attached hydrogens (tertiary/aromatic N) is 1. The molecule has 0 bridgehead atoms. The Bertz CT molecular complexity index is 695. The fourth-order valence-corrected chi connectivity index (χ4v) is 2.40. The van der Waals surface area contributed by atoms with E-state index in [2.05, 4.69) is 4.98 Å². The Morgan fingerprint density at radius 3 is 2.67 bits per heavy atom. The zero-order valence-electron chi connectivity index (χ0n) is 10.9. The van der Waals surface area contributed by atoms with Crippen LogP contribution in [0, 0.1) is 5.82 Å². The highest BCUT2D eigenvalue weighted by molar-refractivity contribution is 6.30. The van der Waals surface area contributed by atoms with Crippen LogP contribution in [-0.2, 0) is 4.79 Å². The molecule has 1 heterocycles. The lowest BCUT2D eigenvalue weighted by Gasteiger charge is -2.18. The van der Waals surface area contributed by atoms with Gasteiger partial charge in [0.15, 0.2) is 0 Å². The van der Waals surface area contributed by atoms with Crippen LogP contribution in [-0.4, -0.2) is 18.0 Å². The van der Waals surface area contributed by atoms with Crippen molar-refractivity contribution in [2.24, 2.45) is 5.73 Å². The van der Waals surface area contributed by atoms with Gasteiger partial charge in [-0.15, -0.1) is 0 Å². The number of rotatable bonds is 4. The van der Waals surface area contributed by atoms with Crippen LogP contribution in [0.2, 0.25) is 10.2 Å². The van der Waals surface area contributed by atoms with Crippen LogP contribution in [0.3, 0.4) is 0 Å². The molecular weight excluding hydrogens is 318 g/mol. The quantitative estimate of drug-likeness (QED) is 0.877. The molecule has 0 aliphatic rings. The highest BCUT2D eigenvalue weighted by Gasteiger charge is 2.27. The zero-order chi connectivity index (χ0) is 15.6. The van der Waals surface area contributed by atoms with Crippen LogP contribution < -0.4 is 10.5 Å². The average Bonchev–Trinajstić information content (AvgIpc) is 2.43. The molecule has 1 aromatic carbocycles. The molecule has 0 aliphatic carbocycles. The second-order valence-corrected chi connectivity index (χ2v) is 5.07. The van der Waals surface area contributed by atoms with Crippen molar-refractivity contribution in [3.05, 3.63) is 57.6 Å². The normalized spacial score (nSPS) is 12.0. The summed E-state index contributed by atoms with van der Waals surface area (Å²) in [6.45, 7) is 0. The minimum Gasteiger partial charge on any atom is -0.496 e. The van der Waals surface area contributed by atoms with Crippen molar-refractivity contribution in [1.29, 1.82) is 0 Å². The highest BCUT2D eigenvalue weighted by atomic mass is 35.5. The van der Waals surface area contributed by atoms with E-state index in [0.29, 0.717) is 16.3 Å². The van der Waals surface area contributed by atoms with Gasteiger partial charge < -0.3 is 10.5 Å². The first-order valence-electron chi connectivity index (χ1n) is 5.87. The molecule has 1 unspecified atom stereocenters. The molecule has 0 saturated carbocycles. The van der Waals surface area contributed by atoms with Crippen LogP contribution >= 0.6 is 23.2 Å². The minimum atomic E-state index is -1.08. The molecule has 2 aromatic rings. The predicted octanol–water partition coefficient (Wildman–Crippen LogP) is 3.15. The van der Waals surface area contributed by atoms with Gasteiger partial charge in [-0.3, -0.25) is 4.79 Å². The van der Waals surface area contributed by atoms with Crippen molar-refractivity contribution in [3.8, 4) is 5.75 Å². The Labute approximate surface area is 130 Å². The van der Waals surface area contributed by atoms with E-state index >= 15 is 0 Å². The van der Waals surface area contributed by atoms with Gasteiger partial charge in [0.2, 0.25) is 5.91 Å². The summed E-state index contributed by atoms with van der Waals surface area (Å²) in [5.41, 5.74) is 5.80. The van der Waals surface area contributed by atoms with Gasteiger partial charge in [-0.25, -0.2) is 9.37 Å². The summed E-state index contributed by atoms with van der Waals surface area (Å²) in [5, 5.41) is 0.427. The fraction of sp³-hybridized carbons (Fsp3) is 0.143. The van der Waals surface area contributed by atoms with E-state index in [0.717, 1.165) is 6.20 Å². The van der Waals surface area contributed by atoms with Gasteiger partial charge in [0.05, 0.1) is 19.2 Å². The van der Waals surface area contributed by atoms with Gasteiger partial charge in [-0.1, -0.05) is 23.2 Å². The monoisotopic (exact) mass is 328 g/mol. The lowest BCUT2D eigenvalue weighted by atomic mass is 9.90. The number of aromatic nitrogens is 1. The zero-order valence-corrected chi connectivity index (χ0v) is 12.5. The molecule has 0 radical (unpaired) electrons. The van der Waals surface area contributed by atoms with Crippen molar-refractivity contribution in [2.45, 2.75) is 5.92 Å². The van der Waals surface area contributed by atoms with E-state index in [1.54, 1.807) is 12.1 Å². The number of benzene rings is 1. The number of carbonyl (C=O) groups excluding carboxylic acids is 1. The Balaban J connectivity index is 2.67. The minimum absolute atomic E-state index is 0.0167. The molecule has 0 fully saturated rings. The summed E-state index contributed by atoms with van der Waals surface area (Å²) in [6.07, 6.45) is 0.935. The number of amides is 1. The predicted molar refractivity (Wildman–Crippen MR) is 78.2 cm³/mol. The van der Waals surface area contributed by atoms with E-state index in [1.165, 1.54) is 19.2 Å². The van der Waals surface area contributed by atoms with Crippen molar-refractivity contribution in [2.75, 3.05) is 7.11 Å². The third kappa shape index (κ3) is 3.25. The Kier molecular flexibility index (Phi) is 4.65.